The van der Waals surface area contributed by atoms with Gasteiger partial charge >= 0.3 is 0 Å². The van der Waals surface area contributed by atoms with Crippen molar-refractivity contribution < 1.29 is 4.79 Å². The molecule has 3 aromatic rings. The van der Waals surface area contributed by atoms with Gasteiger partial charge in [-0.1, -0.05) is 39.0 Å². The van der Waals surface area contributed by atoms with Gasteiger partial charge in [-0.05, 0) is 37.1 Å². The molecule has 0 aliphatic carbocycles. The molecule has 0 unspecified atom stereocenters. The van der Waals surface area contributed by atoms with Gasteiger partial charge in [-0.2, -0.15) is 0 Å². The first-order chi connectivity index (χ1) is 14.9. The average molecular weight is 416 g/mol. The van der Waals surface area contributed by atoms with Gasteiger partial charge < -0.3 is 10.2 Å². The molecule has 0 spiro atoms. The third-order valence-corrected chi connectivity index (χ3v) is 5.46. The maximum absolute atomic E-state index is 12.9. The standard InChI is InChI=1S/C25H29N5O/c1-25(2,3)24(31)30-14-8-10-19(17-30)23-28-21(18-9-7-13-26-16-18)15-22(29-23)27-20-11-5-4-6-12-20/h4-7,9,11-13,15-16,19H,8,10,14,17H2,1-3H3,(H,27,28,29)/t19-/m0/s1. The molecule has 0 bridgehead atoms. The number of carbonyl (C=O) groups excluding carboxylic acids is 1. The van der Waals surface area contributed by atoms with Crippen molar-refractivity contribution in [3.63, 3.8) is 0 Å². The van der Waals surface area contributed by atoms with E-state index < -0.39 is 0 Å². The number of para-hydroxylation sites is 1. The van der Waals surface area contributed by atoms with Gasteiger partial charge in [0.25, 0.3) is 0 Å². The lowest BCUT2D eigenvalue weighted by Gasteiger charge is -2.36. The van der Waals surface area contributed by atoms with Gasteiger partial charge in [-0.15, -0.1) is 0 Å². The Bertz CT molecular complexity index is 1030. The summed E-state index contributed by atoms with van der Waals surface area (Å²) in [7, 11) is 0. The molecule has 2 aromatic heterocycles. The minimum atomic E-state index is -0.389. The van der Waals surface area contributed by atoms with E-state index in [-0.39, 0.29) is 17.2 Å². The molecular formula is C25H29N5O. The van der Waals surface area contributed by atoms with Crippen LogP contribution in [0.4, 0.5) is 11.5 Å². The first-order valence-corrected chi connectivity index (χ1v) is 10.8. The van der Waals surface area contributed by atoms with Crippen molar-refractivity contribution in [1.29, 1.82) is 0 Å². The molecule has 31 heavy (non-hydrogen) atoms. The van der Waals surface area contributed by atoms with E-state index in [1.165, 1.54) is 0 Å². The number of aromatic nitrogens is 3. The summed E-state index contributed by atoms with van der Waals surface area (Å²) in [6, 6.07) is 15.8. The molecule has 0 saturated carbocycles. The molecule has 1 fully saturated rings. The second-order valence-corrected chi connectivity index (χ2v) is 9.07. The van der Waals surface area contributed by atoms with Gasteiger partial charge in [-0.25, -0.2) is 9.97 Å². The molecule has 160 valence electrons. The first kappa shape index (κ1) is 21.0. The van der Waals surface area contributed by atoms with Crippen molar-refractivity contribution >= 4 is 17.4 Å². The molecule has 1 aliphatic heterocycles. The fourth-order valence-electron chi connectivity index (χ4n) is 3.89. The highest BCUT2D eigenvalue weighted by molar-refractivity contribution is 5.81. The van der Waals surface area contributed by atoms with Gasteiger partial charge in [0.05, 0.1) is 5.69 Å². The number of hydrogen-bond donors (Lipinski definition) is 1. The number of pyridine rings is 1. The number of hydrogen-bond acceptors (Lipinski definition) is 5. The summed E-state index contributed by atoms with van der Waals surface area (Å²) in [6.45, 7) is 7.36. The minimum absolute atomic E-state index is 0.105. The van der Waals surface area contributed by atoms with Crippen LogP contribution in [0.15, 0.2) is 60.9 Å². The predicted molar refractivity (Wildman–Crippen MR) is 123 cm³/mol. The number of nitrogens with zero attached hydrogens (tertiary/aromatic N) is 4. The monoisotopic (exact) mass is 415 g/mol. The Balaban J connectivity index is 1.67. The van der Waals surface area contributed by atoms with E-state index in [2.05, 4.69) is 10.3 Å². The Labute approximate surface area is 183 Å². The zero-order valence-electron chi connectivity index (χ0n) is 18.4. The summed E-state index contributed by atoms with van der Waals surface area (Å²) in [5, 5.41) is 3.40. The molecule has 1 atom stereocenters. The summed E-state index contributed by atoms with van der Waals surface area (Å²) in [5.41, 5.74) is 2.36. The molecule has 3 heterocycles. The number of piperidine rings is 1. The SMILES string of the molecule is CC(C)(C)C(=O)N1CCC[C@H](c2nc(Nc3ccccc3)cc(-c3cccnc3)n2)C1. The Hall–Kier alpha value is -3.28. The van der Waals surface area contributed by atoms with Crippen molar-refractivity contribution in [2.24, 2.45) is 5.41 Å². The van der Waals surface area contributed by atoms with Crippen LogP contribution in [-0.4, -0.2) is 38.8 Å². The van der Waals surface area contributed by atoms with Crippen molar-refractivity contribution in [3.05, 3.63) is 66.7 Å². The van der Waals surface area contributed by atoms with Crippen LogP contribution in [0.2, 0.25) is 0 Å². The third kappa shape index (κ3) is 5.08. The number of anilines is 2. The Morgan fingerprint density at radius 2 is 1.90 bits per heavy atom. The Kier molecular flexibility index (Phi) is 5.98. The topological polar surface area (TPSA) is 71.0 Å². The number of carbonyl (C=O) groups is 1. The molecule has 6 heteroatoms. The minimum Gasteiger partial charge on any atom is -0.342 e. The molecule has 1 aliphatic rings. The largest absolute Gasteiger partial charge is 0.342 e. The number of likely N-dealkylation sites (tertiary alicyclic amines) is 1. The van der Waals surface area contributed by atoms with Crippen molar-refractivity contribution in [2.75, 3.05) is 18.4 Å². The van der Waals surface area contributed by atoms with Crippen LogP contribution in [0.5, 0.6) is 0 Å². The maximum Gasteiger partial charge on any atom is 0.227 e. The van der Waals surface area contributed by atoms with Crippen LogP contribution in [0.25, 0.3) is 11.3 Å². The van der Waals surface area contributed by atoms with Gasteiger partial charge in [0, 0.05) is 54.1 Å². The van der Waals surface area contributed by atoms with E-state index in [0.29, 0.717) is 6.54 Å². The van der Waals surface area contributed by atoms with Crippen LogP contribution >= 0.6 is 0 Å². The van der Waals surface area contributed by atoms with Crippen LogP contribution in [0.3, 0.4) is 0 Å². The first-order valence-electron chi connectivity index (χ1n) is 10.8. The van der Waals surface area contributed by atoms with E-state index >= 15 is 0 Å². The summed E-state index contributed by atoms with van der Waals surface area (Å²) >= 11 is 0. The fourth-order valence-corrected chi connectivity index (χ4v) is 3.89. The normalized spacial score (nSPS) is 16.7. The molecule has 6 nitrogen and oxygen atoms in total. The number of nitrogens with one attached hydrogen (secondary N) is 1. The summed E-state index contributed by atoms with van der Waals surface area (Å²) in [6.07, 6.45) is 5.49. The lowest BCUT2D eigenvalue weighted by Crippen LogP contribution is -2.44. The van der Waals surface area contributed by atoms with Crippen LogP contribution in [-0.2, 0) is 4.79 Å². The van der Waals surface area contributed by atoms with E-state index in [4.69, 9.17) is 9.97 Å². The molecular weight excluding hydrogens is 386 g/mol. The molecule has 1 saturated heterocycles. The van der Waals surface area contributed by atoms with E-state index in [9.17, 15) is 4.79 Å². The summed E-state index contributed by atoms with van der Waals surface area (Å²) < 4.78 is 0. The van der Waals surface area contributed by atoms with Crippen molar-refractivity contribution in [1.82, 2.24) is 19.9 Å². The Morgan fingerprint density at radius 1 is 1.10 bits per heavy atom. The van der Waals surface area contributed by atoms with Gasteiger partial charge in [0.1, 0.15) is 11.6 Å². The lowest BCUT2D eigenvalue weighted by molar-refractivity contribution is -0.140. The summed E-state index contributed by atoms with van der Waals surface area (Å²) in [4.78, 5) is 28.8. The zero-order chi connectivity index (χ0) is 21.8. The van der Waals surface area contributed by atoms with E-state index in [1.807, 2.05) is 80.4 Å². The van der Waals surface area contributed by atoms with Crippen LogP contribution in [0, 0.1) is 5.41 Å². The van der Waals surface area contributed by atoms with Crippen molar-refractivity contribution in [3.8, 4) is 11.3 Å². The van der Waals surface area contributed by atoms with E-state index in [0.717, 1.165) is 48.0 Å². The van der Waals surface area contributed by atoms with Crippen LogP contribution < -0.4 is 5.32 Å². The molecule has 1 aromatic carbocycles. The average Bonchev–Trinajstić information content (AvgIpc) is 2.79. The highest BCUT2D eigenvalue weighted by atomic mass is 16.2. The quantitative estimate of drug-likeness (QED) is 0.647. The molecule has 4 rings (SSSR count). The number of amides is 1. The fraction of sp³-hybridized carbons (Fsp3) is 0.360. The maximum atomic E-state index is 12.9. The zero-order valence-corrected chi connectivity index (χ0v) is 18.4. The van der Waals surface area contributed by atoms with Gasteiger partial charge in [0.15, 0.2) is 0 Å². The summed E-state index contributed by atoms with van der Waals surface area (Å²) in [5.74, 6) is 1.80. The second kappa shape index (κ2) is 8.84. The highest BCUT2D eigenvalue weighted by Gasteiger charge is 2.32. The smallest absolute Gasteiger partial charge is 0.227 e. The molecule has 0 radical (unpaired) electrons. The second-order valence-electron chi connectivity index (χ2n) is 9.07. The molecule has 1 amide bonds. The van der Waals surface area contributed by atoms with Gasteiger partial charge in [0.2, 0.25) is 5.91 Å². The predicted octanol–water partition coefficient (Wildman–Crippen LogP) is 5.03. The number of benzene rings is 1. The lowest BCUT2D eigenvalue weighted by atomic mass is 9.91. The Morgan fingerprint density at radius 3 is 2.61 bits per heavy atom. The van der Waals surface area contributed by atoms with E-state index in [1.54, 1.807) is 6.20 Å². The number of rotatable bonds is 4. The van der Waals surface area contributed by atoms with Crippen molar-refractivity contribution in [2.45, 2.75) is 39.5 Å². The highest BCUT2D eigenvalue weighted by Crippen LogP contribution is 2.31. The third-order valence-electron chi connectivity index (χ3n) is 5.46. The molecule has 1 N–H and O–H groups in total. The van der Waals surface area contributed by atoms with Gasteiger partial charge in [-0.3, -0.25) is 9.78 Å². The van der Waals surface area contributed by atoms with Crippen LogP contribution in [0.1, 0.15) is 45.4 Å².